The second kappa shape index (κ2) is 5.17. The summed E-state index contributed by atoms with van der Waals surface area (Å²) < 4.78 is 5.16. The average molecular weight is 263 g/mol. The molecule has 6 heteroatoms. The second-order valence-corrected chi connectivity index (χ2v) is 4.49. The van der Waals surface area contributed by atoms with Gasteiger partial charge >= 0.3 is 0 Å². The number of amides is 2. The summed E-state index contributed by atoms with van der Waals surface area (Å²) in [6, 6.07) is 4.43. The molecule has 0 spiro atoms. The van der Waals surface area contributed by atoms with E-state index < -0.39 is 11.9 Å². The summed E-state index contributed by atoms with van der Waals surface area (Å²) in [6.45, 7) is 0.518. The molecule has 0 radical (unpaired) electrons. The van der Waals surface area contributed by atoms with Gasteiger partial charge in [0, 0.05) is 6.54 Å². The van der Waals surface area contributed by atoms with Crippen LogP contribution in [0.3, 0.4) is 0 Å². The van der Waals surface area contributed by atoms with Gasteiger partial charge in [0.1, 0.15) is 6.04 Å². The highest BCUT2D eigenvalue weighted by atomic mass is 16.5. The van der Waals surface area contributed by atoms with Crippen molar-refractivity contribution in [2.24, 2.45) is 5.73 Å². The number of carbonyl (C=O) groups is 2. The predicted octanol–water partition coefficient (Wildman–Crippen LogP) is 0.367. The highest BCUT2D eigenvalue weighted by Crippen LogP contribution is 2.29. The zero-order valence-electron chi connectivity index (χ0n) is 10.8. The smallest absolute Gasteiger partial charge is 0.258 e. The summed E-state index contributed by atoms with van der Waals surface area (Å²) in [5.41, 5.74) is 11.8. The van der Waals surface area contributed by atoms with Crippen LogP contribution in [0.15, 0.2) is 18.2 Å². The first-order valence-corrected chi connectivity index (χ1v) is 6.09. The third kappa shape index (κ3) is 2.33. The molecule has 1 aromatic rings. The Morgan fingerprint density at radius 3 is 2.79 bits per heavy atom. The number of carbonyl (C=O) groups excluding carboxylic acids is 2. The fraction of sp³-hybridized carbons (Fsp3) is 0.385. The molecule has 19 heavy (non-hydrogen) atoms. The number of hydrogen-bond acceptors (Lipinski definition) is 4. The molecule has 1 aliphatic rings. The molecule has 2 rings (SSSR count). The zero-order chi connectivity index (χ0) is 14.0. The molecule has 1 heterocycles. The Balaban J connectivity index is 2.34. The van der Waals surface area contributed by atoms with E-state index in [0.717, 1.165) is 6.42 Å². The maximum Gasteiger partial charge on any atom is 0.258 e. The summed E-state index contributed by atoms with van der Waals surface area (Å²) in [5.74, 6) is -0.415. The van der Waals surface area contributed by atoms with Crippen LogP contribution in [-0.4, -0.2) is 36.4 Å². The van der Waals surface area contributed by atoms with E-state index >= 15 is 0 Å². The third-order valence-corrected chi connectivity index (χ3v) is 3.32. The van der Waals surface area contributed by atoms with Crippen LogP contribution in [0.1, 0.15) is 23.2 Å². The van der Waals surface area contributed by atoms with Gasteiger partial charge in [0.25, 0.3) is 5.91 Å². The normalized spacial score (nSPS) is 18.4. The fourth-order valence-electron chi connectivity index (χ4n) is 2.41. The Morgan fingerprint density at radius 2 is 2.16 bits per heavy atom. The van der Waals surface area contributed by atoms with Gasteiger partial charge in [0.2, 0.25) is 5.91 Å². The molecule has 6 nitrogen and oxygen atoms in total. The molecule has 1 atom stereocenters. The minimum atomic E-state index is -0.543. The number of nitrogens with two attached hydrogens (primary N) is 2. The number of anilines is 1. The van der Waals surface area contributed by atoms with Crippen molar-refractivity contribution in [1.29, 1.82) is 0 Å². The van der Waals surface area contributed by atoms with Crippen molar-refractivity contribution in [3.63, 3.8) is 0 Å². The van der Waals surface area contributed by atoms with Gasteiger partial charge in [-0.2, -0.15) is 0 Å². The van der Waals surface area contributed by atoms with E-state index in [1.54, 1.807) is 18.2 Å². The van der Waals surface area contributed by atoms with Gasteiger partial charge in [0.05, 0.1) is 18.4 Å². The molecule has 1 unspecified atom stereocenters. The van der Waals surface area contributed by atoms with Gasteiger partial charge < -0.3 is 21.1 Å². The van der Waals surface area contributed by atoms with Gasteiger partial charge in [-0.3, -0.25) is 9.59 Å². The molecule has 0 aromatic heterocycles. The number of rotatable bonds is 3. The van der Waals surface area contributed by atoms with E-state index in [0.29, 0.717) is 30.0 Å². The Morgan fingerprint density at radius 1 is 1.42 bits per heavy atom. The Hall–Kier alpha value is -2.24. The van der Waals surface area contributed by atoms with Crippen LogP contribution in [0.5, 0.6) is 5.75 Å². The third-order valence-electron chi connectivity index (χ3n) is 3.32. The molecule has 1 saturated heterocycles. The van der Waals surface area contributed by atoms with Gasteiger partial charge in [0.15, 0.2) is 5.75 Å². The van der Waals surface area contributed by atoms with Gasteiger partial charge in [-0.05, 0) is 25.0 Å². The molecule has 0 bridgehead atoms. The molecule has 1 aromatic carbocycles. The summed E-state index contributed by atoms with van der Waals surface area (Å²) in [6.07, 6.45) is 1.37. The minimum absolute atomic E-state index is 0.273. The molecule has 102 valence electrons. The number of primary amides is 1. The van der Waals surface area contributed by atoms with Crippen LogP contribution in [-0.2, 0) is 4.79 Å². The lowest BCUT2D eigenvalue weighted by molar-refractivity contribution is -0.121. The summed E-state index contributed by atoms with van der Waals surface area (Å²) in [4.78, 5) is 25.3. The highest BCUT2D eigenvalue weighted by molar-refractivity contribution is 6.01. The van der Waals surface area contributed by atoms with Gasteiger partial charge in [-0.1, -0.05) is 6.07 Å². The Kier molecular flexibility index (Phi) is 3.59. The Bertz CT molecular complexity index is 516. The summed E-state index contributed by atoms with van der Waals surface area (Å²) >= 11 is 0. The van der Waals surface area contributed by atoms with Crippen molar-refractivity contribution >= 4 is 17.5 Å². The molecule has 1 aliphatic heterocycles. The van der Waals surface area contributed by atoms with Crippen LogP contribution in [0.2, 0.25) is 0 Å². The van der Waals surface area contributed by atoms with E-state index in [1.165, 1.54) is 12.0 Å². The van der Waals surface area contributed by atoms with Crippen molar-refractivity contribution < 1.29 is 14.3 Å². The molecule has 0 aliphatic carbocycles. The molecule has 1 fully saturated rings. The van der Waals surface area contributed by atoms with E-state index in [2.05, 4.69) is 0 Å². The summed E-state index contributed by atoms with van der Waals surface area (Å²) in [7, 11) is 1.46. The van der Waals surface area contributed by atoms with Crippen LogP contribution in [0.25, 0.3) is 0 Å². The molecule has 0 saturated carbocycles. The number of benzene rings is 1. The minimum Gasteiger partial charge on any atom is -0.494 e. The van der Waals surface area contributed by atoms with Gasteiger partial charge in [-0.15, -0.1) is 0 Å². The average Bonchev–Trinajstić information content (AvgIpc) is 2.86. The van der Waals surface area contributed by atoms with Gasteiger partial charge in [-0.25, -0.2) is 0 Å². The number of ether oxygens (including phenoxy) is 1. The topological polar surface area (TPSA) is 98.7 Å². The van der Waals surface area contributed by atoms with E-state index in [9.17, 15) is 9.59 Å². The maximum atomic E-state index is 12.5. The zero-order valence-corrected chi connectivity index (χ0v) is 10.8. The monoisotopic (exact) mass is 263 g/mol. The van der Waals surface area contributed by atoms with Crippen LogP contribution < -0.4 is 16.2 Å². The molecular weight excluding hydrogens is 246 g/mol. The Labute approximate surface area is 111 Å². The van der Waals surface area contributed by atoms with Crippen molar-refractivity contribution in [1.82, 2.24) is 4.90 Å². The van der Waals surface area contributed by atoms with E-state index in [1.807, 2.05) is 0 Å². The van der Waals surface area contributed by atoms with Crippen LogP contribution >= 0.6 is 0 Å². The lowest BCUT2D eigenvalue weighted by Gasteiger charge is -2.23. The molecule has 2 amide bonds. The second-order valence-electron chi connectivity index (χ2n) is 4.49. The first-order valence-electron chi connectivity index (χ1n) is 6.09. The van der Waals surface area contributed by atoms with Crippen molar-refractivity contribution in [3.05, 3.63) is 23.8 Å². The molecule has 4 N–H and O–H groups in total. The van der Waals surface area contributed by atoms with E-state index in [-0.39, 0.29) is 5.91 Å². The maximum absolute atomic E-state index is 12.5. The van der Waals surface area contributed by atoms with Crippen LogP contribution in [0, 0.1) is 0 Å². The highest BCUT2D eigenvalue weighted by Gasteiger charge is 2.34. The first-order chi connectivity index (χ1) is 9.06. The number of methoxy groups -OCH3 is 1. The van der Waals surface area contributed by atoms with Crippen molar-refractivity contribution in [2.75, 3.05) is 19.4 Å². The lowest BCUT2D eigenvalue weighted by atomic mass is 10.1. The largest absolute Gasteiger partial charge is 0.494 e. The van der Waals surface area contributed by atoms with Crippen LogP contribution in [0.4, 0.5) is 5.69 Å². The summed E-state index contributed by atoms with van der Waals surface area (Å²) in [5, 5.41) is 0. The standard InChI is InChI=1S/C13H17N3O3/c1-19-11-8(4-2-5-9(11)14)13(18)16-7-3-6-10(16)12(15)17/h2,4-5,10H,3,6-7,14H2,1H3,(H2,15,17). The van der Waals surface area contributed by atoms with Crippen molar-refractivity contribution in [3.8, 4) is 5.75 Å². The number of likely N-dealkylation sites (tertiary alicyclic amines) is 1. The number of nitrogen functional groups attached to an aromatic ring is 1. The first kappa shape index (κ1) is 13.2. The predicted molar refractivity (Wildman–Crippen MR) is 70.7 cm³/mol. The fourth-order valence-corrected chi connectivity index (χ4v) is 2.41. The quantitative estimate of drug-likeness (QED) is 0.769. The lowest BCUT2D eigenvalue weighted by Crippen LogP contribution is -2.43. The van der Waals surface area contributed by atoms with Crippen molar-refractivity contribution in [2.45, 2.75) is 18.9 Å². The molecular formula is C13H17N3O3. The SMILES string of the molecule is COc1c(N)cccc1C(=O)N1CCCC1C(N)=O. The number of nitrogens with zero attached hydrogens (tertiary/aromatic N) is 1. The number of hydrogen-bond donors (Lipinski definition) is 2. The number of para-hydroxylation sites is 1. The van der Waals surface area contributed by atoms with E-state index in [4.69, 9.17) is 16.2 Å².